The van der Waals surface area contributed by atoms with Gasteiger partial charge in [0.05, 0.1) is 6.61 Å². The highest BCUT2D eigenvalue weighted by Gasteiger charge is 2.44. The minimum absolute atomic E-state index is 0.000539. The molecule has 0 saturated heterocycles. The summed E-state index contributed by atoms with van der Waals surface area (Å²) in [6.07, 6.45) is -4.60. The minimum atomic E-state index is -2.25. The SMILES string of the molecule is CC(C)N[C@@](Cc1ccc(OC(=O)OC(C)C(C)C)c(OC(=O)OC(C)C(C)C)c1)(OC(=O)OCC(C)(C)C)C(=O)O. The monoisotopic (exact) mass is 597 g/mol. The van der Waals surface area contributed by atoms with Gasteiger partial charge < -0.3 is 33.5 Å². The van der Waals surface area contributed by atoms with Crippen LogP contribution in [0.3, 0.4) is 0 Å². The second-order valence-electron chi connectivity index (χ2n) is 12.4. The standard InChI is InChI=1S/C30H47NO11/c1-17(2)20(7)38-27(35)40-23-13-12-22(14-24(23)41-28(36)39-21(8)18(3)4)15-30(25(32)33,31-19(5)6)42-26(34)37-16-29(9,10)11/h12-14,17-21,31H,15-16H2,1-11H3,(H,32,33)/t20?,21?,30-/m0/s1. The van der Waals surface area contributed by atoms with E-state index in [-0.39, 0.29) is 40.9 Å². The molecule has 0 aliphatic carbocycles. The molecular formula is C30H47NO11. The van der Waals surface area contributed by atoms with Crippen LogP contribution >= 0.6 is 0 Å². The molecule has 3 atom stereocenters. The van der Waals surface area contributed by atoms with Gasteiger partial charge in [0.2, 0.25) is 0 Å². The second kappa shape index (κ2) is 15.6. The van der Waals surface area contributed by atoms with E-state index in [9.17, 15) is 24.3 Å². The Balaban J connectivity index is 3.44. The van der Waals surface area contributed by atoms with Crippen LogP contribution in [0.4, 0.5) is 14.4 Å². The molecule has 238 valence electrons. The number of carboxylic acid groups (broad SMARTS) is 1. The number of hydrogen-bond acceptors (Lipinski definition) is 11. The van der Waals surface area contributed by atoms with Gasteiger partial charge in [-0.25, -0.2) is 19.2 Å². The fraction of sp³-hybridized carbons (Fsp3) is 0.667. The Bertz CT molecular complexity index is 1080. The predicted octanol–water partition coefficient (Wildman–Crippen LogP) is 6.33. The first-order chi connectivity index (χ1) is 19.2. The molecule has 0 saturated carbocycles. The summed E-state index contributed by atoms with van der Waals surface area (Å²) in [4.78, 5) is 50.1. The van der Waals surface area contributed by atoms with Crippen LogP contribution in [-0.2, 0) is 30.2 Å². The fourth-order valence-electron chi connectivity index (χ4n) is 3.13. The van der Waals surface area contributed by atoms with E-state index in [0.29, 0.717) is 0 Å². The lowest BCUT2D eigenvalue weighted by molar-refractivity contribution is -0.167. The van der Waals surface area contributed by atoms with E-state index in [2.05, 4.69) is 5.32 Å². The van der Waals surface area contributed by atoms with Crippen LogP contribution < -0.4 is 14.8 Å². The maximum atomic E-state index is 12.6. The molecule has 0 spiro atoms. The van der Waals surface area contributed by atoms with Gasteiger partial charge in [-0.3, -0.25) is 5.32 Å². The number of hydrogen-bond donors (Lipinski definition) is 2. The van der Waals surface area contributed by atoms with Crippen molar-refractivity contribution in [3.63, 3.8) is 0 Å². The van der Waals surface area contributed by atoms with Crippen molar-refractivity contribution in [2.45, 2.75) is 107 Å². The third-order valence-corrected chi connectivity index (χ3v) is 6.04. The maximum Gasteiger partial charge on any atom is 0.514 e. The van der Waals surface area contributed by atoms with Gasteiger partial charge in [-0.05, 0) is 62.6 Å². The van der Waals surface area contributed by atoms with Crippen LogP contribution in [0.5, 0.6) is 11.5 Å². The minimum Gasteiger partial charge on any atom is -0.477 e. The largest absolute Gasteiger partial charge is 0.514 e. The van der Waals surface area contributed by atoms with E-state index >= 15 is 0 Å². The Morgan fingerprint density at radius 3 is 1.71 bits per heavy atom. The summed E-state index contributed by atoms with van der Waals surface area (Å²) >= 11 is 0. The van der Waals surface area contributed by atoms with Crippen molar-refractivity contribution in [1.29, 1.82) is 0 Å². The molecule has 0 fully saturated rings. The molecule has 0 heterocycles. The lowest BCUT2D eigenvalue weighted by Crippen LogP contribution is -2.59. The Morgan fingerprint density at radius 2 is 1.29 bits per heavy atom. The number of rotatable bonds is 13. The summed E-state index contributed by atoms with van der Waals surface area (Å²) in [5.41, 5.74) is -2.37. The number of ether oxygens (including phenoxy) is 6. The highest BCUT2D eigenvalue weighted by molar-refractivity contribution is 5.80. The van der Waals surface area contributed by atoms with Gasteiger partial charge in [0, 0.05) is 12.5 Å². The molecule has 0 bridgehead atoms. The highest BCUT2D eigenvalue weighted by atomic mass is 16.8. The summed E-state index contributed by atoms with van der Waals surface area (Å²) < 4.78 is 31.7. The van der Waals surface area contributed by atoms with Crippen LogP contribution in [0.1, 0.15) is 81.7 Å². The second-order valence-corrected chi connectivity index (χ2v) is 12.4. The molecule has 1 rings (SSSR count). The number of carbonyl (C=O) groups is 4. The molecule has 0 aliphatic heterocycles. The van der Waals surface area contributed by atoms with Crippen LogP contribution in [0.15, 0.2) is 18.2 Å². The van der Waals surface area contributed by atoms with Gasteiger partial charge >= 0.3 is 24.4 Å². The number of aliphatic carboxylic acids is 1. The highest BCUT2D eigenvalue weighted by Crippen LogP contribution is 2.32. The topological polar surface area (TPSA) is 156 Å². The molecule has 1 aromatic carbocycles. The molecule has 0 aliphatic rings. The molecular weight excluding hydrogens is 550 g/mol. The van der Waals surface area contributed by atoms with Gasteiger partial charge in [-0.15, -0.1) is 0 Å². The van der Waals surface area contributed by atoms with Gasteiger partial charge in [0.15, 0.2) is 11.5 Å². The molecule has 1 aromatic rings. The molecule has 42 heavy (non-hydrogen) atoms. The molecule has 0 amide bonds. The van der Waals surface area contributed by atoms with Gasteiger partial charge in [-0.1, -0.05) is 54.5 Å². The van der Waals surface area contributed by atoms with Crippen molar-refractivity contribution in [1.82, 2.24) is 5.32 Å². The summed E-state index contributed by atoms with van der Waals surface area (Å²) in [5, 5.41) is 13.0. The van der Waals surface area contributed by atoms with Crippen LogP contribution in [0, 0.1) is 17.3 Å². The van der Waals surface area contributed by atoms with E-state index in [0.717, 1.165) is 0 Å². The summed E-state index contributed by atoms with van der Waals surface area (Å²) in [5.74, 6) is -1.86. The fourth-order valence-corrected chi connectivity index (χ4v) is 3.13. The zero-order chi connectivity index (χ0) is 32.4. The maximum absolute atomic E-state index is 12.6. The average molecular weight is 598 g/mol. The zero-order valence-electron chi connectivity index (χ0n) is 26.6. The van der Waals surface area contributed by atoms with E-state index in [4.69, 9.17) is 28.4 Å². The van der Waals surface area contributed by atoms with Crippen LogP contribution in [0.25, 0.3) is 0 Å². The van der Waals surface area contributed by atoms with Crippen molar-refractivity contribution in [2.24, 2.45) is 17.3 Å². The zero-order valence-corrected chi connectivity index (χ0v) is 26.6. The molecule has 12 nitrogen and oxygen atoms in total. The molecule has 0 aromatic heterocycles. The Labute approximate surface area is 248 Å². The summed E-state index contributed by atoms with van der Waals surface area (Å²) in [6.45, 7) is 19.7. The summed E-state index contributed by atoms with van der Waals surface area (Å²) in [6, 6.07) is 3.61. The lowest BCUT2D eigenvalue weighted by atomic mass is 9.99. The first-order valence-corrected chi connectivity index (χ1v) is 14.0. The number of carbonyl (C=O) groups excluding carboxylic acids is 3. The first kappa shape index (κ1) is 36.5. The molecule has 12 heteroatoms. The van der Waals surface area contributed by atoms with Crippen LogP contribution in [-0.4, -0.2) is 60.1 Å². The normalized spacial score (nSPS) is 14.5. The van der Waals surface area contributed by atoms with Gasteiger partial charge in [-0.2, -0.15) is 0 Å². The Morgan fingerprint density at radius 1 is 0.786 bits per heavy atom. The number of benzene rings is 1. The molecule has 0 radical (unpaired) electrons. The number of carboxylic acids is 1. The van der Waals surface area contributed by atoms with E-state index in [1.807, 2.05) is 48.5 Å². The lowest BCUT2D eigenvalue weighted by Gasteiger charge is -2.32. The Hall–Kier alpha value is -3.54. The third kappa shape index (κ3) is 12.5. The van der Waals surface area contributed by atoms with E-state index in [1.54, 1.807) is 27.7 Å². The van der Waals surface area contributed by atoms with Crippen molar-refractivity contribution >= 4 is 24.4 Å². The Kier molecular flexibility index (Phi) is 13.6. The van der Waals surface area contributed by atoms with Crippen molar-refractivity contribution < 1.29 is 52.7 Å². The smallest absolute Gasteiger partial charge is 0.477 e. The summed E-state index contributed by atoms with van der Waals surface area (Å²) in [7, 11) is 0. The van der Waals surface area contributed by atoms with Crippen molar-refractivity contribution in [2.75, 3.05) is 6.61 Å². The van der Waals surface area contributed by atoms with E-state index in [1.165, 1.54) is 18.2 Å². The third-order valence-electron chi connectivity index (χ3n) is 6.04. The van der Waals surface area contributed by atoms with Crippen molar-refractivity contribution in [3.8, 4) is 11.5 Å². The average Bonchev–Trinajstić information content (AvgIpc) is 2.83. The number of nitrogens with one attached hydrogen (secondary N) is 1. The quantitative estimate of drug-likeness (QED) is 0.113. The molecule has 2 N–H and O–H groups in total. The van der Waals surface area contributed by atoms with Gasteiger partial charge in [0.1, 0.15) is 12.2 Å². The van der Waals surface area contributed by atoms with Gasteiger partial charge in [0.25, 0.3) is 5.72 Å². The van der Waals surface area contributed by atoms with Crippen molar-refractivity contribution in [3.05, 3.63) is 23.8 Å². The van der Waals surface area contributed by atoms with Crippen LogP contribution in [0.2, 0.25) is 0 Å². The molecule has 2 unspecified atom stereocenters. The van der Waals surface area contributed by atoms with E-state index < -0.39 is 54.8 Å². The predicted molar refractivity (Wildman–Crippen MR) is 153 cm³/mol. The first-order valence-electron chi connectivity index (χ1n) is 14.0.